The van der Waals surface area contributed by atoms with Crippen LogP contribution in [0.3, 0.4) is 0 Å². The fourth-order valence-corrected chi connectivity index (χ4v) is 3.33. The van der Waals surface area contributed by atoms with Gasteiger partial charge in [-0.3, -0.25) is 0 Å². The van der Waals surface area contributed by atoms with E-state index in [2.05, 4.69) is 23.2 Å². The standard InChI is InChI=1S/C14H16N2S/c15-14-16-9-12(17-14)8-11-6-3-5-10-4-1-2-7-13(10)11/h3,5-6,9H,1-2,4,7-8H2,(H2,15,16). The first-order valence-corrected chi connectivity index (χ1v) is 6.94. The van der Waals surface area contributed by atoms with E-state index in [4.69, 9.17) is 5.73 Å². The largest absolute Gasteiger partial charge is 0.375 e. The first-order chi connectivity index (χ1) is 8.33. The van der Waals surface area contributed by atoms with E-state index in [1.165, 1.54) is 36.1 Å². The van der Waals surface area contributed by atoms with Crippen LogP contribution < -0.4 is 5.73 Å². The molecule has 0 saturated heterocycles. The zero-order chi connectivity index (χ0) is 11.7. The Labute approximate surface area is 106 Å². The van der Waals surface area contributed by atoms with Crippen molar-refractivity contribution in [3.63, 3.8) is 0 Å². The molecule has 3 rings (SSSR count). The van der Waals surface area contributed by atoms with Gasteiger partial charge in [-0.2, -0.15) is 0 Å². The van der Waals surface area contributed by atoms with Crippen LogP contribution in [0.5, 0.6) is 0 Å². The molecule has 0 spiro atoms. The van der Waals surface area contributed by atoms with Gasteiger partial charge in [0, 0.05) is 17.5 Å². The molecule has 17 heavy (non-hydrogen) atoms. The molecule has 1 aromatic carbocycles. The molecule has 1 aliphatic carbocycles. The van der Waals surface area contributed by atoms with Gasteiger partial charge in [-0.15, -0.1) is 11.3 Å². The van der Waals surface area contributed by atoms with Crippen molar-refractivity contribution in [3.8, 4) is 0 Å². The van der Waals surface area contributed by atoms with Gasteiger partial charge in [0.25, 0.3) is 0 Å². The molecule has 0 aliphatic heterocycles. The molecule has 0 saturated carbocycles. The fourth-order valence-electron chi connectivity index (χ4n) is 2.62. The number of nitrogens with two attached hydrogens (primary N) is 1. The van der Waals surface area contributed by atoms with Crippen LogP contribution in [0, 0.1) is 0 Å². The lowest BCUT2D eigenvalue weighted by Gasteiger charge is -2.18. The van der Waals surface area contributed by atoms with E-state index in [-0.39, 0.29) is 0 Å². The first kappa shape index (κ1) is 10.8. The molecular formula is C14H16N2S. The second kappa shape index (κ2) is 4.49. The summed E-state index contributed by atoms with van der Waals surface area (Å²) in [5.41, 5.74) is 10.3. The van der Waals surface area contributed by atoms with Crippen LogP contribution in [-0.4, -0.2) is 4.98 Å². The Balaban J connectivity index is 1.92. The molecule has 3 heteroatoms. The summed E-state index contributed by atoms with van der Waals surface area (Å²) in [5, 5.41) is 0.671. The van der Waals surface area contributed by atoms with E-state index in [1.807, 2.05) is 6.20 Å². The maximum Gasteiger partial charge on any atom is 0.180 e. The molecule has 0 fully saturated rings. The van der Waals surface area contributed by atoms with Crippen molar-refractivity contribution < 1.29 is 0 Å². The first-order valence-electron chi connectivity index (χ1n) is 6.13. The van der Waals surface area contributed by atoms with E-state index in [1.54, 1.807) is 22.5 Å². The molecule has 1 aliphatic rings. The number of aryl methyl sites for hydroxylation is 1. The Morgan fingerprint density at radius 2 is 2.12 bits per heavy atom. The highest BCUT2D eigenvalue weighted by Gasteiger charge is 2.13. The predicted molar refractivity (Wildman–Crippen MR) is 72.4 cm³/mol. The molecule has 1 heterocycles. The van der Waals surface area contributed by atoms with Crippen molar-refractivity contribution in [1.82, 2.24) is 4.98 Å². The SMILES string of the molecule is Nc1ncc(Cc2cccc3c2CCCC3)s1. The van der Waals surface area contributed by atoms with Gasteiger partial charge in [0.2, 0.25) is 0 Å². The summed E-state index contributed by atoms with van der Waals surface area (Å²) in [6.07, 6.45) is 8.03. The zero-order valence-electron chi connectivity index (χ0n) is 9.78. The molecule has 0 bridgehead atoms. The summed E-state index contributed by atoms with van der Waals surface area (Å²) in [6.45, 7) is 0. The van der Waals surface area contributed by atoms with E-state index < -0.39 is 0 Å². The van der Waals surface area contributed by atoms with E-state index in [0.29, 0.717) is 5.13 Å². The number of aromatic nitrogens is 1. The Bertz CT molecular complexity index is 531. The van der Waals surface area contributed by atoms with Crippen molar-refractivity contribution in [2.45, 2.75) is 32.1 Å². The number of hydrogen-bond donors (Lipinski definition) is 1. The van der Waals surface area contributed by atoms with Crippen molar-refractivity contribution in [2.24, 2.45) is 0 Å². The van der Waals surface area contributed by atoms with Gasteiger partial charge in [-0.25, -0.2) is 4.98 Å². The van der Waals surface area contributed by atoms with Gasteiger partial charge >= 0.3 is 0 Å². The molecule has 2 nitrogen and oxygen atoms in total. The van der Waals surface area contributed by atoms with Crippen molar-refractivity contribution in [3.05, 3.63) is 46.0 Å². The average molecular weight is 244 g/mol. The summed E-state index contributed by atoms with van der Waals surface area (Å²) < 4.78 is 0. The van der Waals surface area contributed by atoms with E-state index >= 15 is 0 Å². The van der Waals surface area contributed by atoms with Gasteiger partial charge in [0.05, 0.1) is 0 Å². The molecule has 0 atom stereocenters. The molecule has 0 radical (unpaired) electrons. The highest BCUT2D eigenvalue weighted by atomic mass is 32.1. The van der Waals surface area contributed by atoms with Crippen LogP contribution in [0.15, 0.2) is 24.4 Å². The second-order valence-corrected chi connectivity index (χ2v) is 5.75. The Morgan fingerprint density at radius 1 is 1.24 bits per heavy atom. The van der Waals surface area contributed by atoms with Gasteiger partial charge < -0.3 is 5.73 Å². The number of rotatable bonds is 2. The number of anilines is 1. The third-order valence-electron chi connectivity index (χ3n) is 3.43. The number of hydrogen-bond acceptors (Lipinski definition) is 3. The highest BCUT2D eigenvalue weighted by Crippen LogP contribution is 2.27. The van der Waals surface area contributed by atoms with Crippen LogP contribution >= 0.6 is 11.3 Å². The third-order valence-corrected chi connectivity index (χ3v) is 4.26. The van der Waals surface area contributed by atoms with Crippen LogP contribution in [0.2, 0.25) is 0 Å². The second-order valence-electron chi connectivity index (χ2n) is 4.60. The van der Waals surface area contributed by atoms with Crippen molar-refractivity contribution in [2.75, 3.05) is 5.73 Å². The quantitative estimate of drug-likeness (QED) is 0.881. The molecule has 1 aromatic heterocycles. The lowest BCUT2D eigenvalue weighted by Crippen LogP contribution is -2.06. The number of benzene rings is 1. The van der Waals surface area contributed by atoms with Crippen LogP contribution in [0.25, 0.3) is 0 Å². The van der Waals surface area contributed by atoms with Crippen LogP contribution in [0.4, 0.5) is 5.13 Å². The average Bonchev–Trinajstić information content (AvgIpc) is 2.75. The Kier molecular flexibility index (Phi) is 2.85. The van der Waals surface area contributed by atoms with Crippen molar-refractivity contribution >= 4 is 16.5 Å². The maximum absolute atomic E-state index is 5.68. The lowest BCUT2D eigenvalue weighted by molar-refractivity contribution is 0.680. The Morgan fingerprint density at radius 3 is 2.94 bits per heavy atom. The summed E-state index contributed by atoms with van der Waals surface area (Å²) in [7, 11) is 0. The number of fused-ring (bicyclic) bond motifs is 1. The van der Waals surface area contributed by atoms with Gasteiger partial charge in [0.1, 0.15) is 0 Å². The van der Waals surface area contributed by atoms with Gasteiger partial charge in [-0.1, -0.05) is 18.2 Å². The van der Waals surface area contributed by atoms with Gasteiger partial charge in [0.15, 0.2) is 5.13 Å². The molecule has 0 amide bonds. The Hall–Kier alpha value is -1.35. The normalized spacial score (nSPS) is 14.6. The molecule has 0 unspecified atom stereocenters. The molecular weight excluding hydrogens is 228 g/mol. The molecule has 88 valence electrons. The molecule has 2 N–H and O–H groups in total. The molecule has 2 aromatic rings. The summed E-state index contributed by atoms with van der Waals surface area (Å²) in [5.74, 6) is 0. The van der Waals surface area contributed by atoms with Gasteiger partial charge in [-0.05, 0) is 42.4 Å². The monoisotopic (exact) mass is 244 g/mol. The smallest absolute Gasteiger partial charge is 0.180 e. The minimum atomic E-state index is 0.671. The number of nitrogen functional groups attached to an aromatic ring is 1. The number of thiazole rings is 1. The van der Waals surface area contributed by atoms with Crippen LogP contribution in [0.1, 0.15) is 34.4 Å². The zero-order valence-corrected chi connectivity index (χ0v) is 10.6. The van der Waals surface area contributed by atoms with E-state index in [9.17, 15) is 0 Å². The summed E-state index contributed by atoms with van der Waals surface area (Å²) in [4.78, 5) is 5.39. The number of nitrogens with zero attached hydrogens (tertiary/aromatic N) is 1. The predicted octanol–water partition coefficient (Wildman–Crippen LogP) is 3.19. The summed E-state index contributed by atoms with van der Waals surface area (Å²) in [6, 6.07) is 6.71. The lowest BCUT2D eigenvalue weighted by atomic mass is 9.87. The topological polar surface area (TPSA) is 38.9 Å². The fraction of sp³-hybridized carbons (Fsp3) is 0.357. The van der Waals surface area contributed by atoms with Crippen LogP contribution in [-0.2, 0) is 19.3 Å². The minimum absolute atomic E-state index is 0.671. The summed E-state index contributed by atoms with van der Waals surface area (Å²) >= 11 is 1.60. The highest BCUT2D eigenvalue weighted by molar-refractivity contribution is 7.15. The minimum Gasteiger partial charge on any atom is -0.375 e. The van der Waals surface area contributed by atoms with E-state index in [0.717, 1.165) is 6.42 Å². The maximum atomic E-state index is 5.68. The van der Waals surface area contributed by atoms with Crippen molar-refractivity contribution in [1.29, 1.82) is 0 Å². The third kappa shape index (κ3) is 2.20.